The molecular formula is C18H34F3NO3SSi. The van der Waals surface area contributed by atoms with Gasteiger partial charge in [-0.05, 0) is 45.3 Å². The van der Waals surface area contributed by atoms with Gasteiger partial charge in [0.25, 0.3) is 0 Å². The minimum absolute atomic E-state index is 0.0784. The summed E-state index contributed by atoms with van der Waals surface area (Å²) >= 11 is 0. The van der Waals surface area contributed by atoms with Gasteiger partial charge >= 0.3 is 6.18 Å². The molecule has 0 fully saturated rings. The quantitative estimate of drug-likeness (QED) is 0.336. The minimum Gasteiger partial charge on any atom is -0.417 e. The largest absolute Gasteiger partial charge is 0.457 e. The maximum atomic E-state index is 12.4. The third-order valence-corrected chi connectivity index (χ3v) is 10.3. The van der Waals surface area contributed by atoms with Gasteiger partial charge in [-0.1, -0.05) is 26.7 Å². The molecule has 0 aromatic carbocycles. The van der Waals surface area contributed by atoms with Gasteiger partial charge in [0.1, 0.15) is 6.04 Å². The van der Waals surface area contributed by atoms with E-state index in [1.54, 1.807) is 20.8 Å². The maximum absolute atomic E-state index is 12.4. The van der Waals surface area contributed by atoms with Crippen molar-refractivity contribution in [2.45, 2.75) is 83.1 Å². The van der Waals surface area contributed by atoms with Crippen LogP contribution in [0, 0.1) is 11.8 Å². The molecule has 0 aromatic heterocycles. The van der Waals surface area contributed by atoms with Gasteiger partial charge in [-0.2, -0.15) is 13.2 Å². The van der Waals surface area contributed by atoms with Crippen molar-refractivity contribution in [3.8, 4) is 11.8 Å². The lowest BCUT2D eigenvalue weighted by Crippen LogP contribution is -2.42. The van der Waals surface area contributed by atoms with E-state index in [2.05, 4.69) is 44.5 Å². The summed E-state index contributed by atoms with van der Waals surface area (Å²) in [4.78, 5) is 0. The van der Waals surface area contributed by atoms with E-state index in [4.69, 9.17) is 9.16 Å². The second-order valence-electron chi connectivity index (χ2n) is 8.86. The van der Waals surface area contributed by atoms with Gasteiger partial charge in [-0.15, -0.1) is 0 Å². The molecule has 0 bridgehead atoms. The van der Waals surface area contributed by atoms with Crippen LogP contribution in [-0.2, 0) is 20.1 Å². The molecule has 0 aliphatic carbocycles. The Morgan fingerprint density at radius 3 is 2.07 bits per heavy atom. The summed E-state index contributed by atoms with van der Waals surface area (Å²) in [6, 6.07) is -0.965. The number of hydrogen-bond acceptors (Lipinski definition) is 3. The van der Waals surface area contributed by atoms with Gasteiger partial charge in [0, 0.05) is 19.1 Å². The molecule has 27 heavy (non-hydrogen) atoms. The Kier molecular flexibility index (Phi) is 10.2. The summed E-state index contributed by atoms with van der Waals surface area (Å²) in [5.41, 5.74) is 0. The fourth-order valence-electron chi connectivity index (χ4n) is 1.49. The van der Waals surface area contributed by atoms with E-state index < -0.39 is 36.3 Å². The molecule has 0 aromatic rings. The van der Waals surface area contributed by atoms with E-state index in [9.17, 15) is 17.4 Å². The molecular weight excluding hydrogens is 395 g/mol. The van der Waals surface area contributed by atoms with Crippen LogP contribution < -0.4 is 4.72 Å². The first kappa shape index (κ1) is 26.6. The van der Waals surface area contributed by atoms with Crippen LogP contribution in [0.2, 0.25) is 18.1 Å². The van der Waals surface area contributed by atoms with E-state index in [0.29, 0.717) is 19.6 Å². The van der Waals surface area contributed by atoms with Gasteiger partial charge in [-0.25, -0.2) is 8.93 Å². The second-order valence-corrected chi connectivity index (χ2v) is 15.7. The highest BCUT2D eigenvalue weighted by atomic mass is 32.2. The molecule has 2 atom stereocenters. The highest BCUT2D eigenvalue weighted by Gasteiger charge is 2.36. The first-order valence-electron chi connectivity index (χ1n) is 8.95. The molecule has 0 radical (unpaired) electrons. The van der Waals surface area contributed by atoms with Crippen LogP contribution in [0.3, 0.4) is 0 Å². The smallest absolute Gasteiger partial charge is 0.417 e. The fraction of sp³-hybridized carbons (Fsp3) is 0.889. The molecule has 0 aliphatic heterocycles. The number of nitrogens with one attached hydrogen (secondary N) is 1. The molecule has 9 heteroatoms. The molecule has 1 N–H and O–H groups in total. The molecule has 0 heterocycles. The van der Waals surface area contributed by atoms with Crippen LogP contribution in [-0.4, -0.2) is 49.3 Å². The van der Waals surface area contributed by atoms with Gasteiger partial charge in [0.15, 0.2) is 8.32 Å². The summed E-state index contributed by atoms with van der Waals surface area (Å²) in [5, 5.41) is 0.118. The summed E-state index contributed by atoms with van der Waals surface area (Å²) in [6.45, 7) is 16.7. The summed E-state index contributed by atoms with van der Waals surface area (Å²) in [6.07, 6.45) is -3.96. The first-order valence-corrected chi connectivity index (χ1v) is 13.0. The van der Waals surface area contributed by atoms with Crippen LogP contribution in [0.1, 0.15) is 48.0 Å². The zero-order chi connectivity index (χ0) is 21.5. The molecule has 0 saturated heterocycles. The molecule has 0 aliphatic rings. The number of rotatable bonds is 9. The van der Waals surface area contributed by atoms with Crippen molar-refractivity contribution in [3.05, 3.63) is 0 Å². The van der Waals surface area contributed by atoms with Gasteiger partial charge in [0.05, 0.1) is 22.3 Å². The highest BCUT2D eigenvalue weighted by Crippen LogP contribution is 2.36. The predicted molar refractivity (Wildman–Crippen MR) is 107 cm³/mol. The Bertz CT molecular complexity index is 543. The van der Waals surface area contributed by atoms with E-state index >= 15 is 0 Å². The second kappa shape index (κ2) is 10.4. The predicted octanol–water partition coefficient (Wildman–Crippen LogP) is 4.40. The number of ether oxygens (including phenoxy) is 1. The van der Waals surface area contributed by atoms with Crippen molar-refractivity contribution in [2.75, 3.05) is 19.8 Å². The highest BCUT2D eigenvalue weighted by molar-refractivity contribution is 7.84. The fourth-order valence-corrected chi connectivity index (χ4v) is 3.31. The lowest BCUT2D eigenvalue weighted by molar-refractivity contribution is -0.0698. The number of hydrogen-bond donors (Lipinski definition) is 1. The van der Waals surface area contributed by atoms with Crippen LogP contribution in [0.15, 0.2) is 0 Å². The Balaban J connectivity index is 4.53. The Morgan fingerprint density at radius 1 is 1.07 bits per heavy atom. The van der Waals surface area contributed by atoms with Crippen molar-refractivity contribution in [2.24, 2.45) is 0 Å². The average molecular weight is 430 g/mol. The van der Waals surface area contributed by atoms with E-state index in [-0.39, 0.29) is 11.6 Å². The number of halogens is 3. The van der Waals surface area contributed by atoms with Crippen LogP contribution >= 0.6 is 0 Å². The van der Waals surface area contributed by atoms with Crippen molar-refractivity contribution in [1.82, 2.24) is 4.72 Å². The molecule has 0 spiro atoms. The van der Waals surface area contributed by atoms with E-state index in [1.165, 1.54) is 5.92 Å². The van der Waals surface area contributed by atoms with Crippen molar-refractivity contribution >= 4 is 19.3 Å². The standard InChI is InChI=1S/C18H34F3NO3SSi/c1-16(2,3)26(23)22-15(10-11-18(19,20)21)14-24-12-9-13-25-27(7,8)17(4,5)6/h15,22H,9,12-14H2,1-8H3/t15-,26+/m0/s1. The molecule has 0 amide bonds. The molecule has 0 unspecified atom stereocenters. The van der Waals surface area contributed by atoms with Gasteiger partial charge in [-0.3, -0.25) is 0 Å². The Morgan fingerprint density at radius 2 is 1.63 bits per heavy atom. The molecule has 0 saturated carbocycles. The molecule has 4 nitrogen and oxygen atoms in total. The lowest BCUT2D eigenvalue weighted by atomic mass is 10.2. The Labute approximate surface area is 165 Å². The lowest BCUT2D eigenvalue weighted by Gasteiger charge is -2.36. The summed E-state index contributed by atoms with van der Waals surface area (Å²) < 4.78 is 62.6. The van der Waals surface area contributed by atoms with Crippen molar-refractivity contribution in [3.63, 3.8) is 0 Å². The first-order chi connectivity index (χ1) is 12.0. The third kappa shape index (κ3) is 11.9. The maximum Gasteiger partial charge on any atom is 0.457 e. The van der Waals surface area contributed by atoms with Gasteiger partial charge in [0.2, 0.25) is 0 Å². The normalized spacial score (nSPS) is 15.8. The Hall–Kier alpha value is -0.403. The third-order valence-electron chi connectivity index (χ3n) is 4.18. The van der Waals surface area contributed by atoms with Crippen LogP contribution in [0.4, 0.5) is 13.2 Å². The minimum atomic E-state index is -4.60. The SMILES string of the molecule is CC(C)(C)[S@@](=O)N[C@@H](C#CC(F)(F)F)COCCCO[Si](C)(C)C(C)(C)C. The average Bonchev–Trinajstić information content (AvgIpc) is 2.44. The van der Waals surface area contributed by atoms with Gasteiger partial charge < -0.3 is 9.16 Å². The zero-order valence-electron chi connectivity index (χ0n) is 17.7. The van der Waals surface area contributed by atoms with E-state index in [0.717, 1.165) is 0 Å². The summed E-state index contributed by atoms with van der Waals surface area (Å²) in [7, 11) is -3.36. The molecule has 160 valence electrons. The summed E-state index contributed by atoms with van der Waals surface area (Å²) in [5.74, 6) is 3.29. The monoisotopic (exact) mass is 429 g/mol. The van der Waals surface area contributed by atoms with Crippen molar-refractivity contribution < 1.29 is 26.5 Å². The molecule has 0 rings (SSSR count). The van der Waals surface area contributed by atoms with Crippen molar-refractivity contribution in [1.29, 1.82) is 0 Å². The zero-order valence-corrected chi connectivity index (χ0v) is 19.5. The van der Waals surface area contributed by atoms with E-state index in [1.807, 2.05) is 0 Å². The van der Waals surface area contributed by atoms with Crippen LogP contribution in [0.5, 0.6) is 0 Å². The van der Waals surface area contributed by atoms with Crippen LogP contribution in [0.25, 0.3) is 0 Å². The topological polar surface area (TPSA) is 47.6 Å². The number of alkyl halides is 3.